The number of rotatable bonds is 2. The van der Waals surface area contributed by atoms with E-state index in [0.717, 1.165) is 16.9 Å². The van der Waals surface area contributed by atoms with Crippen LogP contribution in [0, 0.1) is 11.3 Å². The molecule has 0 aliphatic heterocycles. The maximum Gasteiger partial charge on any atom is 0.119 e. The highest BCUT2D eigenvalue weighted by Crippen LogP contribution is 2.27. The zero-order valence-corrected chi connectivity index (χ0v) is 9.14. The molecule has 1 heterocycles. The van der Waals surface area contributed by atoms with Gasteiger partial charge in [-0.1, -0.05) is 0 Å². The van der Waals surface area contributed by atoms with Crippen molar-refractivity contribution < 1.29 is 4.74 Å². The number of aromatic nitrogens is 2. The average molecular weight is 213 g/mol. The number of ether oxygens (including phenoxy) is 1. The minimum atomic E-state index is 0.619. The van der Waals surface area contributed by atoms with Crippen LogP contribution in [0.4, 0.5) is 0 Å². The predicted molar refractivity (Wildman–Crippen MR) is 59.9 cm³/mol. The minimum Gasteiger partial charge on any atom is -0.497 e. The minimum absolute atomic E-state index is 0.619. The van der Waals surface area contributed by atoms with Crippen molar-refractivity contribution in [2.24, 2.45) is 7.05 Å². The van der Waals surface area contributed by atoms with Crippen molar-refractivity contribution >= 4 is 0 Å². The Morgan fingerprint density at radius 2 is 2.25 bits per heavy atom. The van der Waals surface area contributed by atoms with Gasteiger partial charge in [0, 0.05) is 24.4 Å². The monoisotopic (exact) mass is 213 g/mol. The molecule has 1 aromatic carbocycles. The third kappa shape index (κ3) is 1.75. The molecule has 16 heavy (non-hydrogen) atoms. The summed E-state index contributed by atoms with van der Waals surface area (Å²) >= 11 is 0. The van der Waals surface area contributed by atoms with E-state index in [1.165, 1.54) is 0 Å². The first kappa shape index (κ1) is 10.2. The molecule has 0 spiro atoms. The van der Waals surface area contributed by atoms with Gasteiger partial charge in [-0.3, -0.25) is 4.68 Å². The fourth-order valence-corrected chi connectivity index (χ4v) is 1.55. The Balaban J connectivity index is 2.58. The Hall–Kier alpha value is -2.28. The summed E-state index contributed by atoms with van der Waals surface area (Å²) in [6.45, 7) is 0. The summed E-state index contributed by atoms with van der Waals surface area (Å²) in [5.74, 6) is 0.734. The molecule has 1 aromatic heterocycles. The van der Waals surface area contributed by atoms with Gasteiger partial charge in [-0.2, -0.15) is 10.4 Å². The Labute approximate surface area is 93.7 Å². The van der Waals surface area contributed by atoms with E-state index in [4.69, 9.17) is 10.00 Å². The molecule has 0 unspecified atom stereocenters. The maximum atomic E-state index is 9.03. The Morgan fingerprint density at radius 3 is 2.81 bits per heavy atom. The largest absolute Gasteiger partial charge is 0.497 e. The van der Waals surface area contributed by atoms with Crippen LogP contribution < -0.4 is 4.74 Å². The molecular weight excluding hydrogens is 202 g/mol. The van der Waals surface area contributed by atoms with Gasteiger partial charge in [0.1, 0.15) is 5.75 Å². The number of nitriles is 1. The zero-order valence-electron chi connectivity index (χ0n) is 9.14. The van der Waals surface area contributed by atoms with Crippen LogP contribution in [0.5, 0.6) is 5.75 Å². The van der Waals surface area contributed by atoms with E-state index in [2.05, 4.69) is 11.2 Å². The van der Waals surface area contributed by atoms with E-state index >= 15 is 0 Å². The van der Waals surface area contributed by atoms with Crippen LogP contribution in [0.25, 0.3) is 11.1 Å². The molecule has 0 amide bonds. The Kier molecular flexibility index (Phi) is 2.61. The number of hydrogen-bond donors (Lipinski definition) is 0. The lowest BCUT2D eigenvalue weighted by Crippen LogP contribution is -1.87. The number of nitrogens with zero attached hydrogens (tertiary/aromatic N) is 3. The van der Waals surface area contributed by atoms with Crippen LogP contribution in [-0.4, -0.2) is 16.9 Å². The lowest BCUT2D eigenvalue weighted by Gasteiger charge is -2.04. The molecule has 0 aliphatic carbocycles. The number of benzene rings is 1. The van der Waals surface area contributed by atoms with Gasteiger partial charge in [-0.25, -0.2) is 0 Å². The van der Waals surface area contributed by atoms with Crippen LogP contribution >= 0.6 is 0 Å². The molecule has 2 rings (SSSR count). The van der Waals surface area contributed by atoms with Gasteiger partial charge >= 0.3 is 0 Å². The molecule has 4 nitrogen and oxygen atoms in total. The highest BCUT2D eigenvalue weighted by atomic mass is 16.5. The fraction of sp³-hybridized carbons (Fsp3) is 0.167. The third-order valence-electron chi connectivity index (χ3n) is 2.36. The Bertz CT molecular complexity index is 552. The van der Waals surface area contributed by atoms with Crippen LogP contribution in [0.1, 0.15) is 5.56 Å². The summed E-state index contributed by atoms with van der Waals surface area (Å²) in [4.78, 5) is 0. The molecule has 0 saturated carbocycles. The van der Waals surface area contributed by atoms with Crippen molar-refractivity contribution in [2.75, 3.05) is 7.11 Å². The Morgan fingerprint density at radius 1 is 1.44 bits per heavy atom. The fourth-order valence-electron chi connectivity index (χ4n) is 1.55. The van der Waals surface area contributed by atoms with Crippen LogP contribution in [0.2, 0.25) is 0 Å². The van der Waals surface area contributed by atoms with E-state index in [1.807, 2.05) is 19.3 Å². The first-order valence-corrected chi connectivity index (χ1v) is 4.81. The van der Waals surface area contributed by atoms with Gasteiger partial charge in [-0.15, -0.1) is 0 Å². The van der Waals surface area contributed by atoms with E-state index < -0.39 is 0 Å². The normalized spacial score (nSPS) is 9.81. The van der Waals surface area contributed by atoms with Crippen molar-refractivity contribution in [2.45, 2.75) is 0 Å². The second kappa shape index (κ2) is 4.07. The highest BCUT2D eigenvalue weighted by Gasteiger charge is 2.08. The lowest BCUT2D eigenvalue weighted by atomic mass is 10.0. The molecule has 4 heteroatoms. The molecule has 0 atom stereocenters. The van der Waals surface area contributed by atoms with E-state index in [9.17, 15) is 0 Å². The number of methoxy groups -OCH3 is 1. The molecule has 2 aromatic rings. The van der Waals surface area contributed by atoms with Crippen molar-refractivity contribution in [1.29, 1.82) is 5.26 Å². The SMILES string of the molecule is COc1ccc(C#N)c(-c2cnn(C)c2)c1. The topological polar surface area (TPSA) is 50.8 Å². The molecule has 0 bridgehead atoms. The molecule has 0 saturated heterocycles. The molecule has 0 radical (unpaired) electrons. The summed E-state index contributed by atoms with van der Waals surface area (Å²) in [6, 6.07) is 7.53. The first-order valence-electron chi connectivity index (χ1n) is 4.81. The zero-order chi connectivity index (χ0) is 11.5. The molecular formula is C12H11N3O. The van der Waals surface area contributed by atoms with Crippen molar-refractivity contribution in [1.82, 2.24) is 9.78 Å². The summed E-state index contributed by atoms with van der Waals surface area (Å²) in [6.07, 6.45) is 3.60. The standard InChI is InChI=1S/C12H11N3O/c1-15-8-10(7-14-15)12-5-11(16-2)4-3-9(12)6-13/h3-5,7-8H,1-2H3. The lowest BCUT2D eigenvalue weighted by molar-refractivity contribution is 0.415. The van der Waals surface area contributed by atoms with Crippen LogP contribution in [0.3, 0.4) is 0 Å². The number of aryl methyl sites for hydroxylation is 1. The van der Waals surface area contributed by atoms with Crippen LogP contribution in [-0.2, 0) is 7.05 Å². The number of hydrogen-bond acceptors (Lipinski definition) is 3. The van der Waals surface area contributed by atoms with Crippen molar-refractivity contribution in [3.8, 4) is 22.9 Å². The van der Waals surface area contributed by atoms with Gasteiger partial charge in [0.25, 0.3) is 0 Å². The van der Waals surface area contributed by atoms with Gasteiger partial charge in [-0.05, 0) is 18.2 Å². The van der Waals surface area contributed by atoms with E-state index in [0.29, 0.717) is 5.56 Å². The maximum absolute atomic E-state index is 9.03. The third-order valence-corrected chi connectivity index (χ3v) is 2.36. The van der Waals surface area contributed by atoms with Gasteiger partial charge < -0.3 is 4.74 Å². The first-order chi connectivity index (χ1) is 7.74. The van der Waals surface area contributed by atoms with Crippen molar-refractivity contribution in [3.05, 3.63) is 36.2 Å². The summed E-state index contributed by atoms with van der Waals surface area (Å²) in [5.41, 5.74) is 2.38. The van der Waals surface area contributed by atoms with E-state index in [1.54, 1.807) is 30.1 Å². The summed E-state index contributed by atoms with van der Waals surface area (Å²) in [7, 11) is 3.45. The summed E-state index contributed by atoms with van der Waals surface area (Å²) in [5, 5.41) is 13.1. The predicted octanol–water partition coefficient (Wildman–Crippen LogP) is 1.97. The quantitative estimate of drug-likeness (QED) is 0.766. The molecule has 0 aliphatic rings. The van der Waals surface area contributed by atoms with Gasteiger partial charge in [0.2, 0.25) is 0 Å². The van der Waals surface area contributed by atoms with Gasteiger partial charge in [0.15, 0.2) is 0 Å². The highest BCUT2D eigenvalue weighted by molar-refractivity contribution is 5.70. The average Bonchev–Trinajstić information content (AvgIpc) is 2.75. The second-order valence-electron chi connectivity index (χ2n) is 3.43. The van der Waals surface area contributed by atoms with E-state index in [-0.39, 0.29) is 0 Å². The van der Waals surface area contributed by atoms with Crippen LogP contribution in [0.15, 0.2) is 30.6 Å². The van der Waals surface area contributed by atoms with Gasteiger partial charge in [0.05, 0.1) is 24.9 Å². The summed E-state index contributed by atoms with van der Waals surface area (Å²) < 4.78 is 6.85. The smallest absolute Gasteiger partial charge is 0.119 e. The van der Waals surface area contributed by atoms with Crippen molar-refractivity contribution in [3.63, 3.8) is 0 Å². The molecule has 0 N–H and O–H groups in total. The second-order valence-corrected chi connectivity index (χ2v) is 3.43. The molecule has 80 valence electrons. The molecule has 0 fully saturated rings.